The fraction of sp³-hybridized carbons (Fsp3) is 0.903. The summed E-state index contributed by atoms with van der Waals surface area (Å²) >= 11 is 0. The fourth-order valence-electron chi connectivity index (χ4n) is 5.76. The van der Waals surface area contributed by atoms with E-state index in [2.05, 4.69) is 12.2 Å². The van der Waals surface area contributed by atoms with Crippen LogP contribution >= 0.6 is 0 Å². The van der Waals surface area contributed by atoms with Crippen molar-refractivity contribution in [2.24, 2.45) is 0 Å². The molecule has 0 saturated carbocycles. The first-order chi connectivity index (χ1) is 19.7. The van der Waals surface area contributed by atoms with E-state index in [9.17, 15) is 25.2 Å². The second-order valence-electron chi connectivity index (χ2n) is 11.9. The van der Waals surface area contributed by atoms with Crippen molar-refractivity contribution >= 4 is 5.97 Å². The molecule has 11 unspecified atom stereocenters. The molecule has 4 N–H and O–H groups in total. The van der Waals surface area contributed by atoms with Gasteiger partial charge in [-0.15, -0.1) is 0 Å². The van der Waals surface area contributed by atoms with E-state index in [4.69, 9.17) is 23.7 Å². The molecule has 0 radical (unpaired) electrons. The Labute approximate surface area is 245 Å². The molecule has 0 aliphatic carbocycles. The van der Waals surface area contributed by atoms with Gasteiger partial charge in [0.25, 0.3) is 0 Å². The molecule has 4 heterocycles. The third-order valence-electron chi connectivity index (χ3n) is 8.40. The maximum Gasteiger partial charge on any atom is 0.306 e. The number of allylic oxidation sites excluding steroid dienone is 2. The molecular formula is C31H54O10. The molecule has 11 atom stereocenters. The van der Waals surface area contributed by atoms with Crippen LogP contribution in [0.2, 0.25) is 0 Å². The van der Waals surface area contributed by atoms with Gasteiger partial charge in [0.1, 0.15) is 36.6 Å². The van der Waals surface area contributed by atoms with Crippen LogP contribution in [-0.2, 0) is 28.5 Å². The molecule has 10 heteroatoms. The second-order valence-corrected chi connectivity index (χ2v) is 11.9. The highest BCUT2D eigenvalue weighted by molar-refractivity contribution is 5.69. The highest BCUT2D eigenvalue weighted by atomic mass is 16.8. The Morgan fingerprint density at radius 1 is 0.683 bits per heavy atom. The van der Waals surface area contributed by atoms with Crippen molar-refractivity contribution in [3.8, 4) is 0 Å². The number of rotatable bonds is 1. The van der Waals surface area contributed by atoms with Crippen LogP contribution in [0.5, 0.6) is 0 Å². The van der Waals surface area contributed by atoms with Gasteiger partial charge in [-0.05, 0) is 58.8 Å². The van der Waals surface area contributed by atoms with Gasteiger partial charge in [0, 0.05) is 6.42 Å². The quantitative estimate of drug-likeness (QED) is 0.265. The Balaban J connectivity index is 1.70. The maximum atomic E-state index is 12.6. The third-order valence-corrected chi connectivity index (χ3v) is 8.40. The summed E-state index contributed by atoms with van der Waals surface area (Å²) in [4.78, 5) is 12.6. The molecule has 0 aromatic heterocycles. The standard InChI is InChI=1S/C31H54O10/c1-4-22-28-26(35)27(36)30(39-22)41-29-25(34)24(33)21(3)38-31(29)37-20(2)18-16-14-12-10-8-6-5-7-9-11-13-15-17-19-23(32)40-28/h5-6,20-22,24-31,33-36H,4,7-19H2,1-3H3/b6-5-. The molecule has 2 fully saturated rings. The Kier molecular flexibility index (Phi) is 15.0. The van der Waals surface area contributed by atoms with Gasteiger partial charge in [-0.3, -0.25) is 4.79 Å². The van der Waals surface area contributed by atoms with E-state index in [0.29, 0.717) is 12.8 Å². The van der Waals surface area contributed by atoms with Gasteiger partial charge in [-0.1, -0.05) is 57.6 Å². The number of carbonyl (C=O) groups is 1. The normalized spacial score (nSPS) is 42.6. The summed E-state index contributed by atoms with van der Waals surface area (Å²) in [5.41, 5.74) is 0. The van der Waals surface area contributed by atoms with Crippen LogP contribution in [0.15, 0.2) is 12.2 Å². The van der Waals surface area contributed by atoms with E-state index in [0.717, 1.165) is 70.6 Å². The summed E-state index contributed by atoms with van der Waals surface area (Å²) in [5, 5.41) is 43.2. The van der Waals surface area contributed by atoms with Crippen LogP contribution in [-0.4, -0.2) is 93.9 Å². The molecular weight excluding hydrogens is 532 g/mol. The first-order valence-corrected chi connectivity index (χ1v) is 15.9. The Bertz CT molecular complexity index is 776. The Hall–Kier alpha value is -1.11. The Morgan fingerprint density at radius 3 is 1.98 bits per heavy atom. The van der Waals surface area contributed by atoms with Gasteiger partial charge in [0.05, 0.1) is 12.2 Å². The van der Waals surface area contributed by atoms with Gasteiger partial charge in [0.15, 0.2) is 18.7 Å². The predicted octanol–water partition coefficient (Wildman–Crippen LogP) is 3.65. The molecule has 4 aliphatic heterocycles. The van der Waals surface area contributed by atoms with Crippen LogP contribution in [0.3, 0.4) is 0 Å². The summed E-state index contributed by atoms with van der Waals surface area (Å²) in [7, 11) is 0. The summed E-state index contributed by atoms with van der Waals surface area (Å²) in [5.74, 6) is -0.442. The Morgan fingerprint density at radius 2 is 1.29 bits per heavy atom. The van der Waals surface area contributed by atoms with Crippen molar-refractivity contribution in [1.29, 1.82) is 0 Å². The minimum Gasteiger partial charge on any atom is -0.457 e. The van der Waals surface area contributed by atoms with Gasteiger partial charge in [-0.25, -0.2) is 0 Å². The lowest BCUT2D eigenvalue weighted by Gasteiger charge is -2.46. The molecule has 0 spiro atoms. The fourth-order valence-corrected chi connectivity index (χ4v) is 5.76. The number of hydrogen-bond acceptors (Lipinski definition) is 10. The molecule has 0 aromatic carbocycles. The van der Waals surface area contributed by atoms with E-state index in [1.165, 1.54) is 0 Å². The first-order valence-electron chi connectivity index (χ1n) is 15.9. The van der Waals surface area contributed by atoms with Crippen LogP contribution in [0.25, 0.3) is 0 Å². The second kappa shape index (κ2) is 17.9. The molecule has 41 heavy (non-hydrogen) atoms. The molecule has 4 rings (SSSR count). The van der Waals surface area contributed by atoms with E-state index in [1.807, 2.05) is 13.8 Å². The number of carbonyl (C=O) groups excluding carboxylic acids is 1. The smallest absolute Gasteiger partial charge is 0.306 e. The summed E-state index contributed by atoms with van der Waals surface area (Å²) in [6.07, 6.45) is 5.54. The predicted molar refractivity (Wildman–Crippen MR) is 152 cm³/mol. The largest absolute Gasteiger partial charge is 0.457 e. The van der Waals surface area contributed by atoms with E-state index in [1.54, 1.807) is 6.92 Å². The van der Waals surface area contributed by atoms with Crippen molar-refractivity contribution in [3.63, 3.8) is 0 Å². The average molecular weight is 587 g/mol. The number of ether oxygens (including phenoxy) is 5. The lowest BCUT2D eigenvalue weighted by molar-refractivity contribution is -0.367. The molecule has 238 valence electrons. The zero-order chi connectivity index (χ0) is 29.8. The van der Waals surface area contributed by atoms with Gasteiger partial charge >= 0.3 is 5.97 Å². The number of fused-ring (bicyclic) bond motifs is 19. The maximum absolute atomic E-state index is 12.6. The van der Waals surface area contributed by atoms with Crippen molar-refractivity contribution in [3.05, 3.63) is 12.2 Å². The van der Waals surface area contributed by atoms with Gasteiger partial charge in [0.2, 0.25) is 0 Å². The number of aliphatic hydroxyl groups excluding tert-OH is 4. The van der Waals surface area contributed by atoms with E-state index in [-0.39, 0.29) is 12.5 Å². The van der Waals surface area contributed by atoms with Crippen LogP contribution < -0.4 is 0 Å². The minimum atomic E-state index is -1.56. The van der Waals surface area contributed by atoms with Gasteiger partial charge < -0.3 is 44.1 Å². The molecule has 0 amide bonds. The van der Waals surface area contributed by atoms with Crippen LogP contribution in [0.1, 0.15) is 111 Å². The van der Waals surface area contributed by atoms with Crippen molar-refractivity contribution in [1.82, 2.24) is 0 Å². The SMILES string of the molecule is CCC1OC2OC3C(OC(C)CCCCCC/C=C\CCCCCCCC(=O)OC1C(O)C2O)OC(C)C(O)C3O. The van der Waals surface area contributed by atoms with Crippen LogP contribution in [0.4, 0.5) is 0 Å². The lowest BCUT2D eigenvalue weighted by atomic mass is 9.96. The zero-order valence-electron chi connectivity index (χ0n) is 25.1. The highest BCUT2D eigenvalue weighted by Gasteiger charge is 2.51. The first kappa shape index (κ1) is 34.4. The highest BCUT2D eigenvalue weighted by Crippen LogP contribution is 2.32. The molecule has 10 nitrogen and oxygen atoms in total. The van der Waals surface area contributed by atoms with E-state index >= 15 is 0 Å². The van der Waals surface area contributed by atoms with Crippen LogP contribution in [0, 0.1) is 0 Å². The third kappa shape index (κ3) is 10.5. The lowest BCUT2D eigenvalue weighted by Crippen LogP contribution is -2.64. The molecule has 0 aromatic rings. The number of hydrogen-bond donors (Lipinski definition) is 4. The summed E-state index contributed by atoms with van der Waals surface area (Å²) < 4.78 is 29.5. The minimum absolute atomic E-state index is 0.200. The number of esters is 1. The molecule has 2 saturated heterocycles. The number of aliphatic hydroxyl groups is 4. The monoisotopic (exact) mass is 586 g/mol. The van der Waals surface area contributed by atoms with Crippen molar-refractivity contribution < 1.29 is 48.9 Å². The van der Waals surface area contributed by atoms with Crippen molar-refractivity contribution in [2.45, 2.75) is 178 Å². The summed E-state index contributed by atoms with van der Waals surface area (Å²) in [6, 6.07) is 0. The molecule has 2 bridgehead atoms. The average Bonchev–Trinajstić information content (AvgIpc) is 2.94. The topological polar surface area (TPSA) is 144 Å². The zero-order valence-corrected chi connectivity index (χ0v) is 25.1. The van der Waals surface area contributed by atoms with E-state index < -0.39 is 67.4 Å². The van der Waals surface area contributed by atoms with Crippen molar-refractivity contribution in [2.75, 3.05) is 0 Å². The molecule has 4 aliphatic rings. The summed E-state index contributed by atoms with van der Waals surface area (Å²) in [6.45, 7) is 5.39. The van der Waals surface area contributed by atoms with Gasteiger partial charge in [-0.2, -0.15) is 0 Å².